The molecule has 0 aliphatic rings. The molecule has 2 aromatic rings. The summed E-state index contributed by atoms with van der Waals surface area (Å²) in [5, 5.41) is 2.91. The van der Waals surface area contributed by atoms with Crippen LogP contribution >= 0.6 is 0 Å². The van der Waals surface area contributed by atoms with Crippen molar-refractivity contribution in [3.05, 3.63) is 59.7 Å². The summed E-state index contributed by atoms with van der Waals surface area (Å²) in [5.41, 5.74) is 2.65. The van der Waals surface area contributed by atoms with Gasteiger partial charge in [0.2, 0.25) is 5.91 Å². The molecule has 0 spiro atoms. The molecule has 1 atom stereocenters. The van der Waals surface area contributed by atoms with Crippen LogP contribution in [-0.4, -0.2) is 29.4 Å². The highest BCUT2D eigenvalue weighted by Crippen LogP contribution is 2.19. The minimum absolute atomic E-state index is 0.00442. The summed E-state index contributed by atoms with van der Waals surface area (Å²) < 4.78 is 5.73. The van der Waals surface area contributed by atoms with Gasteiger partial charge in [-0.1, -0.05) is 30.3 Å². The highest BCUT2D eigenvalue weighted by Gasteiger charge is 2.17. The zero-order valence-electron chi connectivity index (χ0n) is 15.8. The molecule has 2 rings (SSSR count). The minimum atomic E-state index is -0.639. The number of nitrogens with one attached hydrogen (secondary N) is 1. The van der Waals surface area contributed by atoms with Crippen LogP contribution in [-0.2, 0) is 16.1 Å². The maximum absolute atomic E-state index is 12.5. The van der Waals surface area contributed by atoms with E-state index in [1.807, 2.05) is 62.4 Å². The lowest BCUT2D eigenvalue weighted by Crippen LogP contribution is -2.31. The van der Waals surface area contributed by atoms with Crippen molar-refractivity contribution in [1.29, 1.82) is 0 Å². The van der Waals surface area contributed by atoms with E-state index in [0.717, 1.165) is 11.1 Å². The van der Waals surface area contributed by atoms with E-state index in [1.165, 1.54) is 0 Å². The van der Waals surface area contributed by atoms with Gasteiger partial charge >= 0.3 is 0 Å². The van der Waals surface area contributed by atoms with Gasteiger partial charge in [0, 0.05) is 25.7 Å². The molecule has 2 amide bonds. The van der Waals surface area contributed by atoms with Gasteiger partial charge in [0.1, 0.15) is 5.75 Å². The number of benzene rings is 2. The number of carbonyl (C=O) groups excluding carboxylic acids is 2. The van der Waals surface area contributed by atoms with E-state index >= 15 is 0 Å². The molecule has 0 aromatic heterocycles. The lowest BCUT2D eigenvalue weighted by Gasteiger charge is -2.22. The Bertz CT molecular complexity index is 773. The van der Waals surface area contributed by atoms with Gasteiger partial charge in [-0.2, -0.15) is 0 Å². The third kappa shape index (κ3) is 5.34. The summed E-state index contributed by atoms with van der Waals surface area (Å²) in [6, 6.07) is 15.1. The normalized spacial score (nSPS) is 11.5. The number of rotatable bonds is 7. The quantitative estimate of drug-likeness (QED) is 0.823. The van der Waals surface area contributed by atoms with E-state index in [0.29, 0.717) is 24.5 Å². The molecule has 0 aliphatic carbocycles. The molecule has 0 bridgehead atoms. The van der Waals surface area contributed by atoms with E-state index in [2.05, 4.69) is 5.32 Å². The second-order valence-corrected chi connectivity index (χ2v) is 6.26. The number of aryl methyl sites for hydroxylation is 1. The Kier molecular flexibility index (Phi) is 6.78. The van der Waals surface area contributed by atoms with Gasteiger partial charge in [-0.05, 0) is 50.1 Å². The Balaban J connectivity index is 2.07. The molecule has 2 aromatic carbocycles. The number of anilines is 1. The number of ether oxygens (including phenoxy) is 1. The third-order valence-corrected chi connectivity index (χ3v) is 4.14. The van der Waals surface area contributed by atoms with Gasteiger partial charge in [0.25, 0.3) is 5.91 Å². The van der Waals surface area contributed by atoms with Crippen molar-refractivity contribution in [2.24, 2.45) is 0 Å². The van der Waals surface area contributed by atoms with Crippen molar-refractivity contribution < 1.29 is 14.3 Å². The van der Waals surface area contributed by atoms with E-state index in [9.17, 15) is 9.59 Å². The summed E-state index contributed by atoms with van der Waals surface area (Å²) in [4.78, 5) is 25.9. The molecule has 0 saturated heterocycles. The second-order valence-electron chi connectivity index (χ2n) is 6.26. The van der Waals surface area contributed by atoms with E-state index < -0.39 is 6.10 Å². The molecule has 0 saturated carbocycles. The largest absolute Gasteiger partial charge is 0.481 e. The van der Waals surface area contributed by atoms with E-state index in [1.54, 1.807) is 18.7 Å². The van der Waals surface area contributed by atoms with Crippen LogP contribution in [0.5, 0.6) is 5.75 Å². The molecule has 0 fully saturated rings. The first-order chi connectivity index (χ1) is 12.4. The summed E-state index contributed by atoms with van der Waals surface area (Å²) in [6.45, 7) is 8.24. The molecular weight excluding hydrogens is 328 g/mol. The van der Waals surface area contributed by atoms with Crippen LogP contribution in [0.2, 0.25) is 0 Å². The minimum Gasteiger partial charge on any atom is -0.481 e. The molecule has 0 heterocycles. The fraction of sp³-hybridized carbons (Fsp3) is 0.333. The van der Waals surface area contributed by atoms with Crippen LogP contribution in [0, 0.1) is 6.92 Å². The molecular formula is C21H26N2O3. The van der Waals surface area contributed by atoms with E-state index in [4.69, 9.17) is 4.74 Å². The topological polar surface area (TPSA) is 58.6 Å². The van der Waals surface area contributed by atoms with Crippen molar-refractivity contribution in [2.45, 2.75) is 40.3 Å². The molecule has 0 radical (unpaired) electrons. The summed E-state index contributed by atoms with van der Waals surface area (Å²) in [6.07, 6.45) is -0.639. The summed E-state index contributed by atoms with van der Waals surface area (Å²) >= 11 is 0. The monoisotopic (exact) mass is 354 g/mol. The molecule has 26 heavy (non-hydrogen) atoms. The fourth-order valence-corrected chi connectivity index (χ4v) is 2.61. The Morgan fingerprint density at radius 1 is 1.15 bits per heavy atom. The summed E-state index contributed by atoms with van der Waals surface area (Å²) in [5.74, 6) is 0.435. The Morgan fingerprint density at radius 3 is 2.54 bits per heavy atom. The first kappa shape index (κ1) is 19.5. The lowest BCUT2D eigenvalue weighted by atomic mass is 10.1. The molecule has 1 N–H and O–H groups in total. The average molecular weight is 354 g/mol. The molecule has 5 heteroatoms. The van der Waals surface area contributed by atoms with Gasteiger partial charge in [-0.25, -0.2) is 0 Å². The zero-order chi connectivity index (χ0) is 19.1. The molecule has 138 valence electrons. The summed E-state index contributed by atoms with van der Waals surface area (Å²) in [7, 11) is 0. The standard InChI is InChI=1S/C21H26N2O3/c1-5-23(17(4)24)14-18-10-6-7-12-20(18)22-21(25)16(3)26-19-11-8-9-15(2)13-19/h6-13,16H,5,14H2,1-4H3,(H,22,25). The Morgan fingerprint density at radius 2 is 1.88 bits per heavy atom. The first-order valence-corrected chi connectivity index (χ1v) is 8.78. The molecule has 5 nitrogen and oxygen atoms in total. The van der Waals surface area contributed by atoms with Crippen molar-refractivity contribution in [3.8, 4) is 5.75 Å². The Hall–Kier alpha value is -2.82. The predicted octanol–water partition coefficient (Wildman–Crippen LogP) is 3.77. The van der Waals surface area contributed by atoms with Crippen LogP contribution < -0.4 is 10.1 Å². The highest BCUT2D eigenvalue weighted by molar-refractivity contribution is 5.94. The predicted molar refractivity (Wildman–Crippen MR) is 103 cm³/mol. The van der Waals surface area contributed by atoms with Crippen molar-refractivity contribution in [2.75, 3.05) is 11.9 Å². The van der Waals surface area contributed by atoms with Crippen LogP contribution in [0.1, 0.15) is 31.9 Å². The maximum Gasteiger partial charge on any atom is 0.265 e. The van der Waals surface area contributed by atoms with Crippen molar-refractivity contribution in [3.63, 3.8) is 0 Å². The van der Waals surface area contributed by atoms with Crippen LogP contribution in [0.25, 0.3) is 0 Å². The third-order valence-electron chi connectivity index (χ3n) is 4.14. The van der Waals surface area contributed by atoms with Gasteiger partial charge < -0.3 is 15.0 Å². The van der Waals surface area contributed by atoms with Crippen LogP contribution in [0.4, 0.5) is 5.69 Å². The van der Waals surface area contributed by atoms with Crippen molar-refractivity contribution in [1.82, 2.24) is 4.90 Å². The number of amides is 2. The number of hydrogen-bond acceptors (Lipinski definition) is 3. The molecule has 1 unspecified atom stereocenters. The number of carbonyl (C=O) groups is 2. The van der Waals surface area contributed by atoms with Crippen LogP contribution in [0.15, 0.2) is 48.5 Å². The zero-order valence-corrected chi connectivity index (χ0v) is 15.8. The average Bonchev–Trinajstić information content (AvgIpc) is 2.60. The lowest BCUT2D eigenvalue weighted by molar-refractivity contribution is -0.129. The number of hydrogen-bond donors (Lipinski definition) is 1. The van der Waals surface area contributed by atoms with E-state index in [-0.39, 0.29) is 11.8 Å². The van der Waals surface area contributed by atoms with Gasteiger partial charge in [-0.3, -0.25) is 9.59 Å². The maximum atomic E-state index is 12.5. The van der Waals surface area contributed by atoms with Crippen LogP contribution in [0.3, 0.4) is 0 Å². The molecule has 0 aliphatic heterocycles. The van der Waals surface area contributed by atoms with Gasteiger partial charge in [-0.15, -0.1) is 0 Å². The highest BCUT2D eigenvalue weighted by atomic mass is 16.5. The van der Waals surface area contributed by atoms with Crippen molar-refractivity contribution >= 4 is 17.5 Å². The Labute approximate surface area is 155 Å². The smallest absolute Gasteiger partial charge is 0.265 e. The number of nitrogens with zero attached hydrogens (tertiary/aromatic N) is 1. The second kappa shape index (κ2) is 9.04. The fourth-order valence-electron chi connectivity index (χ4n) is 2.61. The SMILES string of the molecule is CCN(Cc1ccccc1NC(=O)C(C)Oc1cccc(C)c1)C(C)=O. The van der Waals surface area contributed by atoms with Gasteiger partial charge in [0.05, 0.1) is 0 Å². The first-order valence-electron chi connectivity index (χ1n) is 8.78. The van der Waals surface area contributed by atoms with Gasteiger partial charge in [0.15, 0.2) is 6.10 Å². The number of para-hydroxylation sites is 1.